The lowest BCUT2D eigenvalue weighted by atomic mass is 9.93. The average molecular weight is 268 g/mol. The van der Waals surface area contributed by atoms with Crippen LogP contribution in [0, 0.1) is 5.92 Å². The Morgan fingerprint density at radius 1 is 1.26 bits per heavy atom. The molecule has 0 bridgehead atoms. The molecule has 0 spiro atoms. The van der Waals surface area contributed by atoms with Crippen molar-refractivity contribution in [2.24, 2.45) is 5.92 Å². The Morgan fingerprint density at radius 3 is 2.32 bits per heavy atom. The maximum atomic E-state index is 12.6. The predicted octanol–water partition coefficient (Wildman–Crippen LogP) is 0.929. The van der Waals surface area contributed by atoms with Crippen molar-refractivity contribution in [3.8, 4) is 0 Å². The van der Waals surface area contributed by atoms with Gasteiger partial charge in [0, 0.05) is 26.1 Å². The minimum absolute atomic E-state index is 0.0479. The van der Waals surface area contributed by atoms with Crippen LogP contribution in [0.2, 0.25) is 0 Å². The van der Waals surface area contributed by atoms with Crippen LogP contribution in [0.1, 0.15) is 40.5 Å². The molecule has 19 heavy (non-hydrogen) atoms. The van der Waals surface area contributed by atoms with Crippen LogP contribution in [-0.2, 0) is 14.3 Å². The number of nitrogens with one attached hydrogen (secondary N) is 1. The molecule has 0 saturated carbocycles. The lowest BCUT2D eigenvalue weighted by Gasteiger charge is -2.48. The van der Waals surface area contributed by atoms with Crippen molar-refractivity contribution in [2.45, 2.75) is 51.7 Å². The molecule has 2 rings (SSSR count). The Hall–Kier alpha value is -1.10. The molecule has 2 aliphatic rings. The fourth-order valence-electron chi connectivity index (χ4n) is 3.15. The first-order valence-corrected chi connectivity index (χ1v) is 6.94. The summed E-state index contributed by atoms with van der Waals surface area (Å²) in [5, 5.41) is 2.78. The quantitative estimate of drug-likeness (QED) is 0.769. The molecule has 2 amide bonds. The molecule has 108 valence electrons. The zero-order valence-corrected chi connectivity index (χ0v) is 12.3. The second kappa shape index (κ2) is 4.78. The SMILES string of the molecule is CC1(C)CN(C(=O)C2CCC(=O)NC2)CC(C)(C)O1. The first-order chi connectivity index (χ1) is 8.69. The van der Waals surface area contributed by atoms with E-state index in [2.05, 4.69) is 5.32 Å². The number of morpholine rings is 1. The van der Waals surface area contributed by atoms with E-state index in [4.69, 9.17) is 4.74 Å². The number of nitrogens with zero attached hydrogens (tertiary/aromatic N) is 1. The zero-order chi connectivity index (χ0) is 14.3. The molecule has 2 saturated heterocycles. The van der Waals surface area contributed by atoms with Gasteiger partial charge < -0.3 is 15.0 Å². The standard InChI is InChI=1S/C14H24N2O3/c1-13(2)8-16(9-14(3,4)19-13)12(18)10-5-6-11(17)15-7-10/h10H,5-9H2,1-4H3,(H,15,17). The van der Waals surface area contributed by atoms with Crippen LogP contribution < -0.4 is 5.32 Å². The summed E-state index contributed by atoms with van der Waals surface area (Å²) in [6, 6.07) is 0. The molecule has 1 unspecified atom stereocenters. The molecular weight excluding hydrogens is 244 g/mol. The normalized spacial score (nSPS) is 29.8. The van der Waals surface area contributed by atoms with Gasteiger partial charge in [-0.15, -0.1) is 0 Å². The molecule has 5 heteroatoms. The minimum atomic E-state index is -0.324. The number of carbonyl (C=O) groups is 2. The van der Waals surface area contributed by atoms with Gasteiger partial charge in [-0.3, -0.25) is 9.59 Å². The van der Waals surface area contributed by atoms with Crippen LogP contribution in [0.15, 0.2) is 0 Å². The fraction of sp³-hybridized carbons (Fsp3) is 0.857. The Balaban J connectivity index is 2.04. The Labute approximate surface area is 114 Å². The second-order valence-electron chi connectivity index (χ2n) is 6.86. The highest BCUT2D eigenvalue weighted by Crippen LogP contribution is 2.29. The lowest BCUT2D eigenvalue weighted by Crippen LogP contribution is -2.60. The number of hydrogen-bond acceptors (Lipinski definition) is 3. The van der Waals surface area contributed by atoms with Crippen LogP contribution in [0.5, 0.6) is 0 Å². The van der Waals surface area contributed by atoms with Crippen LogP contribution in [0.25, 0.3) is 0 Å². The summed E-state index contributed by atoms with van der Waals surface area (Å²) >= 11 is 0. The number of piperidine rings is 1. The predicted molar refractivity (Wildman–Crippen MR) is 71.6 cm³/mol. The van der Waals surface area contributed by atoms with Crippen LogP contribution >= 0.6 is 0 Å². The maximum Gasteiger partial charge on any atom is 0.227 e. The number of ether oxygens (including phenoxy) is 1. The van der Waals surface area contributed by atoms with E-state index in [1.54, 1.807) is 0 Å². The molecule has 0 aliphatic carbocycles. The largest absolute Gasteiger partial charge is 0.366 e. The van der Waals surface area contributed by atoms with Gasteiger partial charge in [-0.1, -0.05) is 0 Å². The van der Waals surface area contributed by atoms with E-state index in [0.29, 0.717) is 32.5 Å². The summed E-state index contributed by atoms with van der Waals surface area (Å²) in [5.41, 5.74) is -0.648. The molecule has 1 atom stereocenters. The van der Waals surface area contributed by atoms with E-state index < -0.39 is 0 Å². The van der Waals surface area contributed by atoms with Gasteiger partial charge in [-0.2, -0.15) is 0 Å². The van der Waals surface area contributed by atoms with E-state index >= 15 is 0 Å². The van der Waals surface area contributed by atoms with Gasteiger partial charge in [-0.25, -0.2) is 0 Å². The molecule has 0 radical (unpaired) electrons. The summed E-state index contributed by atoms with van der Waals surface area (Å²) in [6.45, 7) is 9.73. The molecule has 0 aromatic carbocycles. The fourth-order valence-corrected chi connectivity index (χ4v) is 3.15. The van der Waals surface area contributed by atoms with Gasteiger partial charge in [0.15, 0.2) is 0 Å². The van der Waals surface area contributed by atoms with Gasteiger partial charge in [0.25, 0.3) is 0 Å². The number of hydrogen-bond donors (Lipinski definition) is 1. The molecule has 2 aliphatic heterocycles. The molecule has 1 N–H and O–H groups in total. The molecular formula is C14H24N2O3. The van der Waals surface area contributed by atoms with Crippen molar-refractivity contribution >= 4 is 11.8 Å². The summed E-state index contributed by atoms with van der Waals surface area (Å²) in [7, 11) is 0. The summed E-state index contributed by atoms with van der Waals surface area (Å²) in [5.74, 6) is 0.110. The Morgan fingerprint density at radius 2 is 1.84 bits per heavy atom. The summed E-state index contributed by atoms with van der Waals surface area (Å²) in [4.78, 5) is 25.6. The maximum absolute atomic E-state index is 12.6. The molecule has 5 nitrogen and oxygen atoms in total. The van der Waals surface area contributed by atoms with Crippen molar-refractivity contribution in [1.29, 1.82) is 0 Å². The van der Waals surface area contributed by atoms with Crippen LogP contribution in [0.3, 0.4) is 0 Å². The third-order valence-corrected chi connectivity index (χ3v) is 3.62. The minimum Gasteiger partial charge on any atom is -0.366 e. The topological polar surface area (TPSA) is 58.6 Å². The van der Waals surface area contributed by atoms with Crippen molar-refractivity contribution in [1.82, 2.24) is 10.2 Å². The van der Waals surface area contributed by atoms with Crippen LogP contribution in [-0.4, -0.2) is 47.6 Å². The number of rotatable bonds is 1. The highest BCUT2D eigenvalue weighted by atomic mass is 16.5. The monoisotopic (exact) mass is 268 g/mol. The van der Waals surface area contributed by atoms with Gasteiger partial charge in [0.05, 0.1) is 17.1 Å². The Kier molecular flexibility index (Phi) is 3.60. The number of carbonyl (C=O) groups excluding carboxylic acids is 2. The lowest BCUT2D eigenvalue weighted by molar-refractivity contribution is -0.190. The zero-order valence-electron chi connectivity index (χ0n) is 12.3. The third-order valence-electron chi connectivity index (χ3n) is 3.62. The third kappa shape index (κ3) is 3.47. The molecule has 2 fully saturated rings. The Bertz CT molecular complexity index is 364. The van der Waals surface area contributed by atoms with E-state index in [1.807, 2.05) is 32.6 Å². The van der Waals surface area contributed by atoms with Crippen molar-refractivity contribution in [3.05, 3.63) is 0 Å². The van der Waals surface area contributed by atoms with Crippen molar-refractivity contribution < 1.29 is 14.3 Å². The molecule has 0 aromatic rings. The first kappa shape index (κ1) is 14.3. The molecule has 0 aromatic heterocycles. The van der Waals surface area contributed by atoms with E-state index in [0.717, 1.165) is 0 Å². The van der Waals surface area contributed by atoms with Crippen molar-refractivity contribution in [2.75, 3.05) is 19.6 Å². The average Bonchev–Trinajstić information content (AvgIpc) is 2.25. The highest BCUT2D eigenvalue weighted by Gasteiger charge is 2.41. The smallest absolute Gasteiger partial charge is 0.227 e. The molecule has 2 heterocycles. The summed E-state index contributed by atoms with van der Waals surface area (Å²) in [6.07, 6.45) is 1.11. The van der Waals surface area contributed by atoms with Crippen LogP contribution in [0.4, 0.5) is 0 Å². The van der Waals surface area contributed by atoms with Gasteiger partial charge in [-0.05, 0) is 34.1 Å². The highest BCUT2D eigenvalue weighted by molar-refractivity contribution is 5.84. The van der Waals surface area contributed by atoms with Gasteiger partial charge >= 0.3 is 0 Å². The van der Waals surface area contributed by atoms with E-state index in [-0.39, 0.29) is 28.9 Å². The summed E-state index contributed by atoms with van der Waals surface area (Å²) < 4.78 is 5.98. The number of amides is 2. The van der Waals surface area contributed by atoms with E-state index in [9.17, 15) is 9.59 Å². The van der Waals surface area contributed by atoms with E-state index in [1.165, 1.54) is 0 Å². The van der Waals surface area contributed by atoms with Crippen molar-refractivity contribution in [3.63, 3.8) is 0 Å². The second-order valence-corrected chi connectivity index (χ2v) is 6.86. The first-order valence-electron chi connectivity index (χ1n) is 6.94. The van der Waals surface area contributed by atoms with Gasteiger partial charge in [0.2, 0.25) is 11.8 Å². The van der Waals surface area contributed by atoms with Gasteiger partial charge in [0.1, 0.15) is 0 Å².